The number of carbonyl (C=O) groups is 1. The summed E-state index contributed by atoms with van der Waals surface area (Å²) in [6, 6.07) is 5.18. The van der Waals surface area contributed by atoms with Gasteiger partial charge in [-0.05, 0) is 37.5 Å². The number of benzene rings is 1. The summed E-state index contributed by atoms with van der Waals surface area (Å²) in [7, 11) is 0. The molecule has 0 unspecified atom stereocenters. The van der Waals surface area contributed by atoms with Crippen molar-refractivity contribution < 1.29 is 9.53 Å². The topological polar surface area (TPSA) is 78.1 Å². The van der Waals surface area contributed by atoms with Gasteiger partial charge in [-0.2, -0.15) is 4.37 Å². The van der Waals surface area contributed by atoms with Crippen LogP contribution in [0.2, 0.25) is 0 Å². The van der Waals surface area contributed by atoms with E-state index in [9.17, 15) is 4.79 Å². The molecule has 0 bridgehead atoms. The Hall–Kier alpha value is -1.60. The highest BCUT2D eigenvalue weighted by Crippen LogP contribution is 2.36. The number of aryl methyl sites for hydroxylation is 1. The zero-order valence-electron chi connectivity index (χ0n) is 10.5. The van der Waals surface area contributed by atoms with E-state index in [-0.39, 0.29) is 5.97 Å². The predicted octanol–water partition coefficient (Wildman–Crippen LogP) is 2.76. The van der Waals surface area contributed by atoms with Crippen LogP contribution in [-0.2, 0) is 4.74 Å². The molecule has 2 rings (SSSR count). The fraction of sp³-hybridized carbons (Fsp3) is 0.250. The van der Waals surface area contributed by atoms with Gasteiger partial charge in [0.05, 0.1) is 17.1 Å². The Labute approximate surface area is 119 Å². The van der Waals surface area contributed by atoms with E-state index in [2.05, 4.69) is 9.36 Å². The van der Waals surface area contributed by atoms with E-state index in [0.717, 1.165) is 4.34 Å². The Morgan fingerprint density at radius 3 is 2.95 bits per heavy atom. The van der Waals surface area contributed by atoms with Crippen molar-refractivity contribution in [3.8, 4) is 0 Å². The van der Waals surface area contributed by atoms with Crippen LogP contribution in [0, 0.1) is 6.92 Å². The van der Waals surface area contributed by atoms with Crippen molar-refractivity contribution >= 4 is 35.0 Å². The highest BCUT2D eigenvalue weighted by molar-refractivity contribution is 8.01. The molecule has 0 aliphatic heterocycles. The maximum Gasteiger partial charge on any atom is 0.339 e. The third-order valence-electron chi connectivity index (χ3n) is 2.24. The number of nitrogens with zero attached hydrogens (tertiary/aromatic N) is 2. The molecule has 0 spiro atoms. The molecule has 0 fully saturated rings. The summed E-state index contributed by atoms with van der Waals surface area (Å²) in [6.45, 7) is 3.92. The first-order valence-corrected chi connectivity index (χ1v) is 7.24. The fourth-order valence-corrected chi connectivity index (χ4v) is 3.18. The van der Waals surface area contributed by atoms with Gasteiger partial charge in [0, 0.05) is 5.69 Å². The van der Waals surface area contributed by atoms with Gasteiger partial charge >= 0.3 is 5.97 Å². The van der Waals surface area contributed by atoms with Crippen LogP contribution in [0.1, 0.15) is 23.1 Å². The number of nitrogen functional groups attached to an aromatic ring is 1. The lowest BCUT2D eigenvalue weighted by atomic mass is 10.2. The molecule has 1 heterocycles. The largest absolute Gasteiger partial charge is 0.462 e. The molecule has 0 aliphatic carbocycles. The number of hydrogen-bond acceptors (Lipinski definition) is 7. The minimum absolute atomic E-state index is 0.329. The van der Waals surface area contributed by atoms with E-state index in [1.807, 2.05) is 6.92 Å². The molecule has 1 aromatic carbocycles. The Morgan fingerprint density at radius 1 is 1.53 bits per heavy atom. The van der Waals surface area contributed by atoms with Crippen LogP contribution >= 0.6 is 23.3 Å². The van der Waals surface area contributed by atoms with E-state index >= 15 is 0 Å². The molecule has 0 saturated carbocycles. The number of rotatable bonds is 4. The second kappa shape index (κ2) is 6.03. The Morgan fingerprint density at radius 2 is 2.32 bits per heavy atom. The summed E-state index contributed by atoms with van der Waals surface area (Å²) in [6.07, 6.45) is 0. The van der Waals surface area contributed by atoms with Crippen LogP contribution in [0.5, 0.6) is 0 Å². The van der Waals surface area contributed by atoms with Crippen LogP contribution < -0.4 is 5.73 Å². The average molecular weight is 295 g/mol. The van der Waals surface area contributed by atoms with Crippen LogP contribution in [0.4, 0.5) is 5.69 Å². The van der Waals surface area contributed by atoms with Crippen LogP contribution in [0.3, 0.4) is 0 Å². The molecule has 0 radical (unpaired) electrons. The second-order valence-corrected chi connectivity index (χ2v) is 5.66. The number of carbonyl (C=O) groups excluding carboxylic acids is 1. The first-order valence-electron chi connectivity index (χ1n) is 5.65. The molecule has 19 heavy (non-hydrogen) atoms. The third-order valence-corrected chi connectivity index (χ3v) is 4.24. The molecular formula is C12H13N3O2S2. The van der Waals surface area contributed by atoms with E-state index in [0.29, 0.717) is 28.6 Å². The second-order valence-electron chi connectivity index (χ2n) is 3.65. The summed E-state index contributed by atoms with van der Waals surface area (Å²) >= 11 is 2.62. The SMILES string of the molecule is CCOC(=O)c1cccc(N)c1Sc1nc(C)ns1. The zero-order chi connectivity index (χ0) is 13.8. The zero-order valence-corrected chi connectivity index (χ0v) is 12.2. The maximum atomic E-state index is 11.9. The molecule has 0 atom stereocenters. The molecule has 7 heteroatoms. The third kappa shape index (κ3) is 3.24. The molecule has 5 nitrogen and oxygen atoms in total. The minimum Gasteiger partial charge on any atom is -0.462 e. The van der Waals surface area contributed by atoms with Gasteiger partial charge in [-0.3, -0.25) is 0 Å². The lowest BCUT2D eigenvalue weighted by Crippen LogP contribution is -2.07. The molecule has 2 N–H and O–H groups in total. The number of anilines is 1. The lowest BCUT2D eigenvalue weighted by Gasteiger charge is -2.09. The van der Waals surface area contributed by atoms with Crippen molar-refractivity contribution in [2.24, 2.45) is 0 Å². The monoisotopic (exact) mass is 295 g/mol. The van der Waals surface area contributed by atoms with Gasteiger partial charge < -0.3 is 10.5 Å². The van der Waals surface area contributed by atoms with E-state index in [1.54, 1.807) is 25.1 Å². The van der Waals surface area contributed by atoms with Crippen LogP contribution in [0.15, 0.2) is 27.4 Å². The molecule has 2 aromatic rings. The van der Waals surface area contributed by atoms with Gasteiger partial charge in [0.25, 0.3) is 0 Å². The Bertz CT molecular complexity index is 598. The fourth-order valence-electron chi connectivity index (χ4n) is 1.45. The Kier molecular flexibility index (Phi) is 4.39. The Balaban J connectivity index is 2.35. The normalized spacial score (nSPS) is 10.4. The van der Waals surface area contributed by atoms with E-state index < -0.39 is 0 Å². The van der Waals surface area contributed by atoms with Gasteiger partial charge in [-0.1, -0.05) is 17.8 Å². The van der Waals surface area contributed by atoms with Crippen molar-refractivity contribution in [2.45, 2.75) is 23.1 Å². The predicted molar refractivity (Wildman–Crippen MR) is 75.6 cm³/mol. The summed E-state index contributed by atoms with van der Waals surface area (Å²) in [5, 5.41) is 0. The van der Waals surface area contributed by atoms with E-state index in [4.69, 9.17) is 10.5 Å². The number of aromatic nitrogens is 2. The molecule has 1 aromatic heterocycles. The number of nitrogens with two attached hydrogens (primary N) is 1. The van der Waals surface area contributed by atoms with Crippen LogP contribution in [-0.4, -0.2) is 21.9 Å². The average Bonchev–Trinajstić information content (AvgIpc) is 2.78. The van der Waals surface area contributed by atoms with Gasteiger partial charge in [0.2, 0.25) is 0 Å². The van der Waals surface area contributed by atoms with Crippen molar-refractivity contribution in [1.29, 1.82) is 0 Å². The molecule has 100 valence electrons. The van der Waals surface area contributed by atoms with Gasteiger partial charge in [-0.25, -0.2) is 9.78 Å². The molecule has 0 amide bonds. The van der Waals surface area contributed by atoms with Crippen molar-refractivity contribution in [1.82, 2.24) is 9.36 Å². The van der Waals surface area contributed by atoms with E-state index in [1.165, 1.54) is 23.3 Å². The molecular weight excluding hydrogens is 282 g/mol. The van der Waals surface area contributed by atoms with Crippen molar-refractivity contribution in [2.75, 3.05) is 12.3 Å². The van der Waals surface area contributed by atoms with Crippen LogP contribution in [0.25, 0.3) is 0 Å². The summed E-state index contributed by atoms with van der Waals surface area (Å²) in [5.74, 6) is 0.332. The molecule has 0 saturated heterocycles. The quantitative estimate of drug-likeness (QED) is 0.690. The summed E-state index contributed by atoms with van der Waals surface area (Å²) in [4.78, 5) is 16.8. The van der Waals surface area contributed by atoms with Gasteiger partial charge in [0.1, 0.15) is 5.82 Å². The highest BCUT2D eigenvalue weighted by atomic mass is 32.2. The maximum absolute atomic E-state index is 11.9. The van der Waals surface area contributed by atoms with Crippen molar-refractivity contribution in [3.63, 3.8) is 0 Å². The first-order chi connectivity index (χ1) is 9.11. The minimum atomic E-state index is -0.376. The standard InChI is InChI=1S/C12H13N3O2S2/c1-3-17-11(16)8-5-4-6-9(13)10(8)18-12-14-7(2)15-19-12/h4-6H,3,13H2,1-2H3. The summed E-state index contributed by atoms with van der Waals surface area (Å²) in [5.41, 5.74) is 6.93. The number of hydrogen-bond donors (Lipinski definition) is 1. The van der Waals surface area contributed by atoms with Gasteiger partial charge in [-0.15, -0.1) is 0 Å². The summed E-state index contributed by atoms with van der Waals surface area (Å²) < 4.78 is 9.88. The number of esters is 1. The lowest BCUT2D eigenvalue weighted by molar-refractivity contribution is 0.0522. The highest BCUT2D eigenvalue weighted by Gasteiger charge is 2.17. The first kappa shape index (κ1) is 13.8. The number of ether oxygens (including phenoxy) is 1. The smallest absolute Gasteiger partial charge is 0.339 e. The van der Waals surface area contributed by atoms with Crippen molar-refractivity contribution in [3.05, 3.63) is 29.6 Å². The molecule has 0 aliphatic rings. The van der Waals surface area contributed by atoms with Gasteiger partial charge in [0.15, 0.2) is 4.34 Å².